The van der Waals surface area contributed by atoms with Crippen LogP contribution in [-0.4, -0.2) is 65.4 Å². The van der Waals surface area contributed by atoms with Gasteiger partial charge in [-0.25, -0.2) is 0 Å². The highest BCUT2D eigenvalue weighted by Crippen LogP contribution is 2.16. The lowest BCUT2D eigenvalue weighted by Gasteiger charge is -2.37. The maximum absolute atomic E-state index is 12.4. The number of pyridine rings is 1. The number of carbonyl (C=O) groups is 2. The summed E-state index contributed by atoms with van der Waals surface area (Å²) in [6.45, 7) is 6.22. The van der Waals surface area contributed by atoms with Gasteiger partial charge in [0.15, 0.2) is 0 Å². The molecule has 2 amide bonds. The molecule has 24 heavy (non-hydrogen) atoms. The van der Waals surface area contributed by atoms with Gasteiger partial charge in [-0.2, -0.15) is 0 Å². The van der Waals surface area contributed by atoms with Crippen molar-refractivity contribution < 1.29 is 9.59 Å². The Morgan fingerprint density at radius 3 is 2.54 bits per heavy atom. The van der Waals surface area contributed by atoms with Gasteiger partial charge in [-0.05, 0) is 43.9 Å². The number of likely N-dealkylation sites (tertiary alicyclic amines) is 1. The largest absolute Gasteiger partial charge is 0.345 e. The summed E-state index contributed by atoms with van der Waals surface area (Å²) in [5.74, 6) is -0.185. The fourth-order valence-electron chi connectivity index (χ4n) is 3.22. The molecule has 1 aromatic heterocycles. The molecule has 0 aromatic carbocycles. The van der Waals surface area contributed by atoms with Crippen LogP contribution in [0.5, 0.6) is 0 Å². The van der Waals surface area contributed by atoms with Crippen molar-refractivity contribution in [3.63, 3.8) is 0 Å². The molecule has 6 heteroatoms. The monoisotopic (exact) mass is 332 g/mol. The summed E-state index contributed by atoms with van der Waals surface area (Å²) in [6, 6.07) is 3.91. The van der Waals surface area contributed by atoms with Gasteiger partial charge in [0, 0.05) is 52.0 Å². The van der Waals surface area contributed by atoms with E-state index in [0.717, 1.165) is 38.9 Å². The maximum Gasteiger partial charge on any atom is 0.244 e. The Balaban J connectivity index is 1.75. The van der Waals surface area contributed by atoms with Crippen LogP contribution >= 0.6 is 0 Å². The van der Waals surface area contributed by atoms with Crippen molar-refractivity contribution in [1.29, 1.82) is 0 Å². The van der Waals surface area contributed by atoms with Crippen LogP contribution < -0.4 is 5.32 Å². The lowest BCUT2D eigenvalue weighted by Crippen LogP contribution is -2.51. The molecule has 132 valence electrons. The fraction of sp³-hybridized carbons (Fsp3) is 0.611. The van der Waals surface area contributed by atoms with Crippen LogP contribution in [0.1, 0.15) is 32.3 Å². The van der Waals surface area contributed by atoms with Crippen molar-refractivity contribution in [2.45, 2.75) is 45.2 Å². The summed E-state index contributed by atoms with van der Waals surface area (Å²) in [6.07, 6.45) is 6.65. The number of aromatic nitrogens is 1. The number of likely N-dealkylation sites (N-methyl/N-ethyl adjacent to an activating group) is 1. The van der Waals surface area contributed by atoms with Gasteiger partial charge in [-0.3, -0.25) is 14.6 Å². The molecule has 2 heterocycles. The second-order valence-electron chi connectivity index (χ2n) is 6.55. The average Bonchev–Trinajstić information content (AvgIpc) is 2.59. The third-order valence-corrected chi connectivity index (χ3v) is 4.71. The van der Waals surface area contributed by atoms with Crippen molar-refractivity contribution in [2.24, 2.45) is 0 Å². The molecule has 0 saturated carbocycles. The highest BCUT2D eigenvalue weighted by atomic mass is 16.2. The zero-order chi connectivity index (χ0) is 17.5. The van der Waals surface area contributed by atoms with Gasteiger partial charge in [0.2, 0.25) is 11.8 Å². The predicted octanol–water partition coefficient (Wildman–Crippen LogP) is 1.07. The van der Waals surface area contributed by atoms with E-state index in [1.807, 2.05) is 19.4 Å². The van der Waals surface area contributed by atoms with Crippen molar-refractivity contribution in [1.82, 2.24) is 20.1 Å². The Bertz CT molecular complexity index is 541. The van der Waals surface area contributed by atoms with E-state index in [1.165, 1.54) is 12.5 Å². The summed E-state index contributed by atoms with van der Waals surface area (Å²) in [5.41, 5.74) is 1.31. The van der Waals surface area contributed by atoms with Crippen LogP contribution in [0.25, 0.3) is 0 Å². The third kappa shape index (κ3) is 5.30. The highest BCUT2D eigenvalue weighted by Gasteiger charge is 2.27. The van der Waals surface area contributed by atoms with E-state index in [1.54, 1.807) is 11.8 Å². The predicted molar refractivity (Wildman–Crippen MR) is 93.5 cm³/mol. The zero-order valence-corrected chi connectivity index (χ0v) is 14.9. The van der Waals surface area contributed by atoms with Crippen molar-refractivity contribution in [2.75, 3.05) is 26.7 Å². The number of hydrogen-bond acceptors (Lipinski definition) is 4. The minimum absolute atomic E-state index is 0.0135. The summed E-state index contributed by atoms with van der Waals surface area (Å²) in [4.78, 5) is 31.8. The van der Waals surface area contributed by atoms with Gasteiger partial charge in [0.05, 0.1) is 0 Å². The quantitative estimate of drug-likeness (QED) is 0.846. The molecule has 0 bridgehead atoms. The van der Waals surface area contributed by atoms with Crippen LogP contribution in [0, 0.1) is 0 Å². The minimum Gasteiger partial charge on any atom is -0.345 e. The lowest BCUT2D eigenvalue weighted by molar-refractivity contribution is -0.137. The van der Waals surface area contributed by atoms with Crippen molar-refractivity contribution in [3.8, 4) is 0 Å². The zero-order valence-electron chi connectivity index (χ0n) is 14.9. The molecule has 0 unspecified atom stereocenters. The van der Waals surface area contributed by atoms with Crippen molar-refractivity contribution in [3.05, 3.63) is 30.1 Å². The number of nitrogens with one attached hydrogen (secondary N) is 1. The summed E-state index contributed by atoms with van der Waals surface area (Å²) >= 11 is 0. The molecule has 1 aliphatic heterocycles. The van der Waals surface area contributed by atoms with Crippen molar-refractivity contribution >= 4 is 11.8 Å². The maximum atomic E-state index is 12.4. The molecule has 1 fully saturated rings. The smallest absolute Gasteiger partial charge is 0.244 e. The van der Waals surface area contributed by atoms with Crippen LogP contribution in [0.2, 0.25) is 0 Å². The Morgan fingerprint density at radius 2 is 1.96 bits per heavy atom. The summed E-state index contributed by atoms with van der Waals surface area (Å²) < 4.78 is 0. The SMILES string of the molecule is CC(=O)N[C@@H](C)C(=O)N(C)C1CCN(CCc2ccncc2)CC1. The van der Waals surface area contributed by atoms with Crippen LogP contribution in [0.4, 0.5) is 0 Å². The third-order valence-electron chi connectivity index (χ3n) is 4.71. The normalized spacial score (nSPS) is 17.3. The molecule has 1 N–H and O–H groups in total. The summed E-state index contributed by atoms with van der Waals surface area (Å²) in [7, 11) is 1.85. The summed E-state index contributed by atoms with van der Waals surface area (Å²) in [5, 5.41) is 2.66. The van der Waals surface area contributed by atoms with Crippen LogP contribution in [0.15, 0.2) is 24.5 Å². The second kappa shape index (κ2) is 8.78. The van der Waals surface area contributed by atoms with Gasteiger partial charge in [-0.1, -0.05) is 0 Å². The molecule has 1 atom stereocenters. The molecule has 0 aliphatic carbocycles. The number of carbonyl (C=O) groups excluding carboxylic acids is 2. The number of amides is 2. The molecule has 2 rings (SSSR count). The molecule has 1 aromatic rings. The van der Waals surface area contributed by atoms with E-state index < -0.39 is 6.04 Å². The molecular formula is C18H28N4O2. The number of rotatable bonds is 6. The van der Waals surface area contributed by atoms with Gasteiger partial charge in [-0.15, -0.1) is 0 Å². The fourth-order valence-corrected chi connectivity index (χ4v) is 3.22. The Hall–Kier alpha value is -1.95. The van der Waals surface area contributed by atoms with Gasteiger partial charge < -0.3 is 15.1 Å². The first-order valence-electron chi connectivity index (χ1n) is 8.62. The number of piperidine rings is 1. The molecule has 0 radical (unpaired) electrons. The molecule has 6 nitrogen and oxygen atoms in total. The Labute approximate surface area is 144 Å². The standard InChI is InChI=1S/C18H28N4O2/c1-14(20-15(2)23)18(24)21(3)17-7-12-22(13-8-17)11-6-16-4-9-19-10-5-16/h4-5,9-10,14,17H,6-8,11-13H2,1-3H3,(H,20,23)/t14-/m0/s1. The first-order chi connectivity index (χ1) is 11.5. The van der Waals surface area contributed by atoms with E-state index in [4.69, 9.17) is 0 Å². The van der Waals surface area contributed by atoms with E-state index in [2.05, 4.69) is 27.3 Å². The molecule has 1 aliphatic rings. The lowest BCUT2D eigenvalue weighted by atomic mass is 10.0. The average molecular weight is 332 g/mol. The van der Waals surface area contributed by atoms with E-state index in [-0.39, 0.29) is 17.9 Å². The van der Waals surface area contributed by atoms with Gasteiger partial charge in [0.25, 0.3) is 0 Å². The van der Waals surface area contributed by atoms with E-state index in [9.17, 15) is 9.59 Å². The number of hydrogen-bond donors (Lipinski definition) is 1. The second-order valence-corrected chi connectivity index (χ2v) is 6.55. The first-order valence-corrected chi connectivity index (χ1v) is 8.62. The van der Waals surface area contributed by atoms with Crippen LogP contribution in [0.3, 0.4) is 0 Å². The van der Waals surface area contributed by atoms with E-state index >= 15 is 0 Å². The molecule has 0 spiro atoms. The highest BCUT2D eigenvalue weighted by molar-refractivity contribution is 5.86. The first kappa shape index (κ1) is 18.4. The topological polar surface area (TPSA) is 65.5 Å². The van der Waals surface area contributed by atoms with Gasteiger partial charge in [0.1, 0.15) is 6.04 Å². The molecule has 1 saturated heterocycles. The number of nitrogens with zero attached hydrogens (tertiary/aromatic N) is 3. The minimum atomic E-state index is -0.461. The van der Waals surface area contributed by atoms with E-state index in [0.29, 0.717) is 0 Å². The van der Waals surface area contributed by atoms with Crippen LogP contribution in [-0.2, 0) is 16.0 Å². The Kier molecular flexibility index (Phi) is 6.73. The molecular weight excluding hydrogens is 304 g/mol. The van der Waals surface area contributed by atoms with Gasteiger partial charge >= 0.3 is 0 Å². The Morgan fingerprint density at radius 1 is 1.33 bits per heavy atom.